The van der Waals surface area contributed by atoms with Crippen molar-refractivity contribution < 1.29 is 4.74 Å². The Balaban J connectivity index is 2.16. The number of rotatable bonds is 6. The van der Waals surface area contributed by atoms with Crippen molar-refractivity contribution in [2.45, 2.75) is 45.9 Å². The lowest BCUT2D eigenvalue weighted by Crippen LogP contribution is -2.37. The van der Waals surface area contributed by atoms with Crippen molar-refractivity contribution in [3.05, 3.63) is 28.8 Å². The Labute approximate surface area is 133 Å². The fraction of sp³-hybridized carbons (Fsp3) is 0.647. The maximum atomic E-state index is 6.48. The molecule has 0 bridgehead atoms. The number of nitrogens with zero attached hydrogens (tertiary/aromatic N) is 1. The number of anilines is 1. The van der Waals surface area contributed by atoms with E-state index in [9.17, 15) is 0 Å². The van der Waals surface area contributed by atoms with E-state index in [0.717, 1.165) is 36.8 Å². The van der Waals surface area contributed by atoms with Gasteiger partial charge in [-0.25, -0.2) is 0 Å². The van der Waals surface area contributed by atoms with Gasteiger partial charge in [0.15, 0.2) is 0 Å². The Bertz CT molecular complexity index is 464. The van der Waals surface area contributed by atoms with Crippen molar-refractivity contribution in [1.29, 1.82) is 0 Å². The van der Waals surface area contributed by atoms with Crippen LogP contribution in [0.1, 0.15) is 32.8 Å². The molecule has 0 aromatic heterocycles. The Morgan fingerprint density at radius 3 is 2.81 bits per heavy atom. The number of para-hydroxylation sites is 1. The first-order valence-corrected chi connectivity index (χ1v) is 8.21. The minimum atomic E-state index is 0.253. The van der Waals surface area contributed by atoms with Gasteiger partial charge in [-0.05, 0) is 37.4 Å². The van der Waals surface area contributed by atoms with Crippen molar-refractivity contribution in [3.63, 3.8) is 0 Å². The summed E-state index contributed by atoms with van der Waals surface area (Å²) >= 11 is 6.48. The number of likely N-dealkylation sites (N-methyl/N-ethyl adjacent to an activating group) is 1. The number of ether oxygens (including phenoxy) is 1. The van der Waals surface area contributed by atoms with Crippen molar-refractivity contribution in [2.75, 3.05) is 25.1 Å². The summed E-state index contributed by atoms with van der Waals surface area (Å²) in [4.78, 5) is 2.30. The molecule has 1 N–H and O–H groups in total. The highest BCUT2D eigenvalue weighted by Crippen LogP contribution is 2.33. The van der Waals surface area contributed by atoms with E-state index in [-0.39, 0.29) is 6.10 Å². The van der Waals surface area contributed by atoms with Crippen LogP contribution in [0.3, 0.4) is 0 Å². The van der Waals surface area contributed by atoms with Gasteiger partial charge < -0.3 is 15.0 Å². The van der Waals surface area contributed by atoms with Crippen molar-refractivity contribution in [2.24, 2.45) is 5.92 Å². The molecule has 0 saturated carbocycles. The van der Waals surface area contributed by atoms with Gasteiger partial charge >= 0.3 is 0 Å². The van der Waals surface area contributed by atoms with E-state index in [0.29, 0.717) is 12.0 Å². The lowest BCUT2D eigenvalue weighted by Gasteiger charge is -2.31. The number of benzene rings is 1. The molecule has 1 aliphatic rings. The number of hydrogen-bond donors (Lipinski definition) is 1. The molecule has 118 valence electrons. The first-order chi connectivity index (χ1) is 10.0. The molecule has 1 aromatic carbocycles. The molecule has 2 rings (SSSR count). The smallest absolute Gasteiger partial charge is 0.0750 e. The van der Waals surface area contributed by atoms with Crippen LogP contribution < -0.4 is 10.2 Å². The molecule has 4 heteroatoms. The fourth-order valence-corrected chi connectivity index (χ4v) is 3.32. The average molecular weight is 311 g/mol. The molecule has 0 amide bonds. The van der Waals surface area contributed by atoms with E-state index in [1.54, 1.807) is 0 Å². The quantitative estimate of drug-likeness (QED) is 0.867. The highest BCUT2D eigenvalue weighted by atomic mass is 35.5. The van der Waals surface area contributed by atoms with Gasteiger partial charge in [0.1, 0.15) is 0 Å². The lowest BCUT2D eigenvalue weighted by atomic mass is 10.1. The van der Waals surface area contributed by atoms with Gasteiger partial charge in [0.25, 0.3) is 0 Å². The Kier molecular flexibility index (Phi) is 5.91. The van der Waals surface area contributed by atoms with Crippen LogP contribution in [0.5, 0.6) is 0 Å². The van der Waals surface area contributed by atoms with Crippen molar-refractivity contribution >= 4 is 17.3 Å². The standard InChI is InChI=1S/C17H27ClN2O/c1-12(2)10-19-11-14-6-5-7-15(18)17(14)20(4)16-8-9-21-13(16)3/h5-7,12-13,16,19H,8-11H2,1-4H3. The van der Waals surface area contributed by atoms with Crippen LogP contribution in [0.2, 0.25) is 5.02 Å². The second-order valence-electron chi connectivity index (χ2n) is 6.32. The van der Waals surface area contributed by atoms with Crippen molar-refractivity contribution in [1.82, 2.24) is 5.32 Å². The molecule has 1 aliphatic heterocycles. The first-order valence-electron chi connectivity index (χ1n) is 7.83. The number of nitrogens with one attached hydrogen (secondary N) is 1. The summed E-state index contributed by atoms with van der Waals surface area (Å²) in [6, 6.07) is 6.56. The average Bonchev–Trinajstić information content (AvgIpc) is 2.84. The summed E-state index contributed by atoms with van der Waals surface area (Å²) in [5.41, 5.74) is 2.39. The van der Waals surface area contributed by atoms with Crippen molar-refractivity contribution in [3.8, 4) is 0 Å². The summed E-state index contributed by atoms with van der Waals surface area (Å²) in [6.07, 6.45) is 1.31. The zero-order valence-corrected chi connectivity index (χ0v) is 14.3. The molecular weight excluding hydrogens is 284 g/mol. The van der Waals surface area contributed by atoms with Gasteiger partial charge in [0.2, 0.25) is 0 Å². The normalized spacial score (nSPS) is 22.0. The van der Waals surface area contributed by atoms with Crippen LogP contribution in [0, 0.1) is 5.92 Å². The van der Waals surface area contributed by atoms with E-state index < -0.39 is 0 Å². The summed E-state index contributed by atoms with van der Waals surface area (Å²) < 4.78 is 5.70. The lowest BCUT2D eigenvalue weighted by molar-refractivity contribution is 0.118. The molecule has 2 unspecified atom stereocenters. The summed E-state index contributed by atoms with van der Waals surface area (Å²) in [7, 11) is 2.13. The van der Waals surface area contributed by atoms with Gasteiger partial charge in [0.05, 0.1) is 22.9 Å². The summed E-state index contributed by atoms with van der Waals surface area (Å²) in [5, 5.41) is 4.33. The molecule has 3 nitrogen and oxygen atoms in total. The highest BCUT2D eigenvalue weighted by Gasteiger charge is 2.29. The maximum absolute atomic E-state index is 6.48. The van der Waals surface area contributed by atoms with Crippen LogP contribution in [0.4, 0.5) is 5.69 Å². The molecule has 1 fully saturated rings. The van der Waals surface area contributed by atoms with Crippen LogP contribution in [0.25, 0.3) is 0 Å². The predicted molar refractivity (Wildman–Crippen MR) is 90.2 cm³/mol. The highest BCUT2D eigenvalue weighted by molar-refractivity contribution is 6.33. The molecule has 0 radical (unpaired) electrons. The SMILES string of the molecule is CC(C)CNCc1cccc(Cl)c1N(C)C1CCOC1C. The topological polar surface area (TPSA) is 24.5 Å². The molecular formula is C17H27ClN2O. The predicted octanol–water partition coefficient (Wildman–Crippen LogP) is 3.70. The summed E-state index contributed by atoms with van der Waals surface area (Å²) in [6.45, 7) is 9.27. The maximum Gasteiger partial charge on any atom is 0.0750 e. The second kappa shape index (κ2) is 7.48. The monoisotopic (exact) mass is 310 g/mol. The van der Waals surface area contributed by atoms with Gasteiger partial charge in [-0.3, -0.25) is 0 Å². The minimum absolute atomic E-state index is 0.253. The van der Waals surface area contributed by atoms with Crippen LogP contribution in [-0.2, 0) is 11.3 Å². The number of halogens is 1. The third kappa shape index (κ3) is 4.12. The molecule has 21 heavy (non-hydrogen) atoms. The number of hydrogen-bond acceptors (Lipinski definition) is 3. The zero-order chi connectivity index (χ0) is 15.4. The zero-order valence-electron chi connectivity index (χ0n) is 13.5. The molecule has 1 aromatic rings. The molecule has 0 aliphatic carbocycles. The third-order valence-electron chi connectivity index (χ3n) is 4.12. The Morgan fingerprint density at radius 1 is 1.43 bits per heavy atom. The van der Waals surface area contributed by atoms with Gasteiger partial charge in [-0.15, -0.1) is 0 Å². The third-order valence-corrected chi connectivity index (χ3v) is 4.43. The van der Waals surface area contributed by atoms with Gasteiger partial charge in [-0.2, -0.15) is 0 Å². The Morgan fingerprint density at radius 2 is 2.19 bits per heavy atom. The van der Waals surface area contributed by atoms with Gasteiger partial charge in [0, 0.05) is 20.2 Å². The van der Waals surface area contributed by atoms with E-state index in [1.165, 1.54) is 5.56 Å². The van der Waals surface area contributed by atoms with E-state index >= 15 is 0 Å². The van der Waals surface area contributed by atoms with Crippen LogP contribution in [-0.4, -0.2) is 32.3 Å². The van der Waals surface area contributed by atoms with Crippen LogP contribution in [0.15, 0.2) is 18.2 Å². The largest absolute Gasteiger partial charge is 0.376 e. The van der Waals surface area contributed by atoms with E-state index in [4.69, 9.17) is 16.3 Å². The summed E-state index contributed by atoms with van der Waals surface area (Å²) in [5.74, 6) is 0.647. The van der Waals surface area contributed by atoms with E-state index in [1.807, 2.05) is 12.1 Å². The van der Waals surface area contributed by atoms with Crippen LogP contribution >= 0.6 is 11.6 Å². The fourth-order valence-electron chi connectivity index (χ4n) is 2.99. The molecule has 1 saturated heterocycles. The Hall–Kier alpha value is -0.770. The molecule has 1 heterocycles. The first kappa shape index (κ1) is 16.6. The van der Waals surface area contributed by atoms with Gasteiger partial charge in [-0.1, -0.05) is 37.6 Å². The molecule has 2 atom stereocenters. The second-order valence-corrected chi connectivity index (χ2v) is 6.72. The minimum Gasteiger partial charge on any atom is -0.376 e. The van der Waals surface area contributed by atoms with E-state index in [2.05, 4.69) is 44.1 Å². The molecule has 0 spiro atoms.